The second-order valence-electron chi connectivity index (χ2n) is 2.65. The molecule has 0 saturated heterocycles. The minimum atomic E-state index is -1.45. The molecule has 15 heavy (non-hydrogen) atoms. The number of rotatable bonds is 2. The standard InChI is InChI=1S/C8H7NO5.Na/c1-4-5(9(13)14)2-3-6(10)7(4)8(11)12;/h2-3,10H,1H3,(H,11,12);/q;+1/p-1. The van der Waals surface area contributed by atoms with E-state index in [0.29, 0.717) is 0 Å². The first-order valence-corrected chi connectivity index (χ1v) is 3.63. The van der Waals surface area contributed by atoms with Gasteiger partial charge in [0.1, 0.15) is 0 Å². The molecule has 0 aliphatic rings. The van der Waals surface area contributed by atoms with E-state index in [1.54, 1.807) is 0 Å². The minimum absolute atomic E-state index is 0. The first-order valence-electron chi connectivity index (χ1n) is 3.63. The van der Waals surface area contributed by atoms with Crippen LogP contribution in [0.15, 0.2) is 12.1 Å². The van der Waals surface area contributed by atoms with Gasteiger partial charge in [-0.15, -0.1) is 0 Å². The molecular weight excluding hydrogens is 213 g/mol. The maximum absolute atomic E-state index is 11.1. The molecule has 1 N–H and O–H groups in total. The predicted molar refractivity (Wildman–Crippen MR) is 44.2 cm³/mol. The van der Waals surface area contributed by atoms with Gasteiger partial charge in [-0.3, -0.25) is 10.1 Å². The fourth-order valence-electron chi connectivity index (χ4n) is 1.14. The maximum Gasteiger partial charge on any atom is 1.00 e. The summed E-state index contributed by atoms with van der Waals surface area (Å²) in [6.07, 6.45) is 0. The number of hydrogen-bond acceptors (Lipinski definition) is 4. The minimum Gasteiger partial charge on any atom is -0.872 e. The molecule has 0 aliphatic carbocycles. The number of carboxylic acids is 1. The van der Waals surface area contributed by atoms with E-state index in [1.165, 1.54) is 6.92 Å². The summed E-state index contributed by atoms with van der Waals surface area (Å²) in [4.78, 5) is 20.3. The van der Waals surface area contributed by atoms with Crippen LogP contribution in [0, 0.1) is 17.0 Å². The third kappa shape index (κ3) is 2.68. The van der Waals surface area contributed by atoms with Crippen molar-refractivity contribution in [2.45, 2.75) is 6.92 Å². The monoisotopic (exact) mass is 219 g/mol. The van der Waals surface area contributed by atoms with Gasteiger partial charge in [-0.1, -0.05) is 11.8 Å². The number of hydrogen-bond donors (Lipinski definition) is 1. The van der Waals surface area contributed by atoms with E-state index < -0.39 is 22.2 Å². The first-order chi connectivity index (χ1) is 6.45. The molecule has 0 radical (unpaired) electrons. The van der Waals surface area contributed by atoms with E-state index in [2.05, 4.69) is 0 Å². The fourth-order valence-corrected chi connectivity index (χ4v) is 1.14. The number of carbonyl (C=O) groups is 1. The summed E-state index contributed by atoms with van der Waals surface area (Å²) in [5.41, 5.74) is -1.02. The van der Waals surface area contributed by atoms with Gasteiger partial charge in [0.2, 0.25) is 0 Å². The molecule has 7 heteroatoms. The van der Waals surface area contributed by atoms with Crippen molar-refractivity contribution in [3.63, 3.8) is 0 Å². The Morgan fingerprint density at radius 2 is 2.00 bits per heavy atom. The number of nitrogens with zero attached hydrogens (tertiary/aromatic N) is 1. The molecule has 0 aliphatic heterocycles. The van der Waals surface area contributed by atoms with Crippen LogP contribution in [-0.4, -0.2) is 16.0 Å². The average molecular weight is 219 g/mol. The van der Waals surface area contributed by atoms with Gasteiger partial charge in [0.05, 0.1) is 10.5 Å². The molecule has 1 aromatic rings. The van der Waals surface area contributed by atoms with Crippen LogP contribution in [0.2, 0.25) is 0 Å². The number of benzene rings is 1. The Bertz CT molecular complexity index is 418. The van der Waals surface area contributed by atoms with Gasteiger partial charge >= 0.3 is 35.5 Å². The number of aromatic carboxylic acids is 1. The van der Waals surface area contributed by atoms with Crippen LogP contribution in [0.4, 0.5) is 5.69 Å². The zero-order valence-corrected chi connectivity index (χ0v) is 10.2. The van der Waals surface area contributed by atoms with E-state index >= 15 is 0 Å². The summed E-state index contributed by atoms with van der Waals surface area (Å²) in [7, 11) is 0. The van der Waals surface area contributed by atoms with Crippen molar-refractivity contribution in [3.05, 3.63) is 33.4 Å². The summed E-state index contributed by atoms with van der Waals surface area (Å²) in [6.45, 7) is 1.24. The molecule has 0 unspecified atom stereocenters. The van der Waals surface area contributed by atoms with Gasteiger partial charge in [0, 0.05) is 11.6 Å². The van der Waals surface area contributed by atoms with Crippen LogP contribution in [-0.2, 0) is 0 Å². The van der Waals surface area contributed by atoms with Gasteiger partial charge in [0.15, 0.2) is 0 Å². The normalized spacial score (nSPS) is 9.13. The molecule has 0 aromatic heterocycles. The Balaban J connectivity index is 0.00000196. The number of carboxylic acid groups (broad SMARTS) is 1. The summed E-state index contributed by atoms with van der Waals surface area (Å²) in [5, 5.41) is 30.1. The van der Waals surface area contributed by atoms with Crippen LogP contribution < -0.4 is 34.7 Å². The van der Waals surface area contributed by atoms with Gasteiger partial charge < -0.3 is 10.2 Å². The molecule has 1 aromatic carbocycles. The molecule has 74 valence electrons. The van der Waals surface area contributed by atoms with E-state index in [0.717, 1.165) is 12.1 Å². The largest absolute Gasteiger partial charge is 1.00 e. The van der Waals surface area contributed by atoms with Crippen molar-refractivity contribution in [1.82, 2.24) is 0 Å². The Hall–Kier alpha value is -1.11. The van der Waals surface area contributed by atoms with Crippen molar-refractivity contribution in [1.29, 1.82) is 0 Å². The molecule has 0 saturated carbocycles. The van der Waals surface area contributed by atoms with Crippen LogP contribution in [0.1, 0.15) is 15.9 Å². The molecule has 0 heterocycles. The van der Waals surface area contributed by atoms with E-state index in [9.17, 15) is 20.0 Å². The molecular formula is C8H6NNaO5. The molecule has 0 spiro atoms. The van der Waals surface area contributed by atoms with Crippen molar-refractivity contribution in [2.24, 2.45) is 0 Å². The van der Waals surface area contributed by atoms with Gasteiger partial charge in [-0.05, 0) is 6.92 Å². The number of nitro benzene ring substituents is 1. The average Bonchev–Trinajstić information content (AvgIpc) is 2.02. The van der Waals surface area contributed by atoms with Crippen molar-refractivity contribution in [3.8, 4) is 5.75 Å². The van der Waals surface area contributed by atoms with E-state index in [4.69, 9.17) is 5.11 Å². The summed E-state index contributed by atoms with van der Waals surface area (Å²) in [6, 6.07) is 1.89. The maximum atomic E-state index is 11.1. The molecule has 6 nitrogen and oxygen atoms in total. The smallest absolute Gasteiger partial charge is 0.872 e. The first kappa shape index (κ1) is 13.9. The van der Waals surface area contributed by atoms with E-state index in [1.807, 2.05) is 0 Å². The van der Waals surface area contributed by atoms with Crippen LogP contribution in [0.5, 0.6) is 5.75 Å². The van der Waals surface area contributed by atoms with Gasteiger partial charge in [-0.2, -0.15) is 0 Å². The Morgan fingerprint density at radius 1 is 1.47 bits per heavy atom. The second kappa shape index (κ2) is 5.11. The molecule has 0 fully saturated rings. The zero-order chi connectivity index (χ0) is 10.9. The van der Waals surface area contributed by atoms with Crippen molar-refractivity contribution >= 4 is 11.7 Å². The Labute approximate surface area is 107 Å². The summed E-state index contributed by atoms with van der Waals surface area (Å²) in [5.74, 6) is -2.17. The van der Waals surface area contributed by atoms with Gasteiger partial charge in [-0.25, -0.2) is 4.79 Å². The second-order valence-corrected chi connectivity index (χ2v) is 2.65. The van der Waals surface area contributed by atoms with Crippen molar-refractivity contribution in [2.75, 3.05) is 0 Å². The molecule has 0 amide bonds. The fraction of sp³-hybridized carbons (Fsp3) is 0.125. The van der Waals surface area contributed by atoms with Crippen molar-refractivity contribution < 1.29 is 49.5 Å². The quantitative estimate of drug-likeness (QED) is 0.341. The SMILES string of the molecule is Cc1c([N+](=O)[O-])ccc([O-])c1C(=O)O.[Na+]. The third-order valence-electron chi connectivity index (χ3n) is 1.81. The molecule has 1 rings (SSSR count). The topological polar surface area (TPSA) is 104 Å². The van der Waals surface area contributed by atoms with Crippen LogP contribution in [0.25, 0.3) is 0 Å². The third-order valence-corrected chi connectivity index (χ3v) is 1.81. The molecule has 0 atom stereocenters. The van der Waals surface area contributed by atoms with Crippen LogP contribution in [0.3, 0.4) is 0 Å². The van der Waals surface area contributed by atoms with E-state index in [-0.39, 0.29) is 40.8 Å². The zero-order valence-electron chi connectivity index (χ0n) is 8.18. The van der Waals surface area contributed by atoms with Crippen LogP contribution >= 0.6 is 0 Å². The summed E-state index contributed by atoms with van der Waals surface area (Å²) >= 11 is 0. The predicted octanol–water partition coefficient (Wildman–Crippen LogP) is -2.32. The summed E-state index contributed by atoms with van der Waals surface area (Å²) < 4.78 is 0. The number of nitro groups is 1. The Kier molecular flexibility index (Phi) is 4.73. The molecule has 0 bridgehead atoms. The Morgan fingerprint density at radius 3 is 2.40 bits per heavy atom. The van der Waals surface area contributed by atoms with Gasteiger partial charge in [0.25, 0.3) is 5.69 Å².